The molecule has 0 amide bonds. The predicted octanol–water partition coefficient (Wildman–Crippen LogP) is 3.48. The van der Waals surface area contributed by atoms with E-state index in [9.17, 15) is 10.1 Å². The van der Waals surface area contributed by atoms with Gasteiger partial charge in [0.15, 0.2) is 0 Å². The summed E-state index contributed by atoms with van der Waals surface area (Å²) >= 11 is 0. The zero-order valence-corrected chi connectivity index (χ0v) is 10.7. The molecule has 1 aromatic heterocycles. The average molecular weight is 257 g/mol. The monoisotopic (exact) mass is 257 g/mol. The minimum atomic E-state index is -0.428. The molecule has 5 nitrogen and oxygen atoms in total. The first-order chi connectivity index (χ1) is 9.22. The lowest BCUT2D eigenvalue weighted by Gasteiger charge is -2.10. The van der Waals surface area contributed by atoms with Crippen molar-refractivity contribution in [1.29, 1.82) is 0 Å². The number of rotatable bonds is 5. The number of hydrogen-bond donors (Lipinski definition) is 1. The first kappa shape index (κ1) is 13.0. The zero-order valence-electron chi connectivity index (χ0n) is 10.7. The normalized spacial score (nSPS) is 10.2. The van der Waals surface area contributed by atoms with Crippen molar-refractivity contribution < 1.29 is 4.92 Å². The third-order valence-corrected chi connectivity index (χ3v) is 2.71. The molecule has 0 atom stereocenters. The van der Waals surface area contributed by atoms with Crippen LogP contribution in [0.25, 0.3) is 11.1 Å². The van der Waals surface area contributed by atoms with E-state index < -0.39 is 4.92 Å². The summed E-state index contributed by atoms with van der Waals surface area (Å²) < 4.78 is 0. The molecule has 19 heavy (non-hydrogen) atoms. The zero-order chi connectivity index (χ0) is 13.7. The fourth-order valence-corrected chi connectivity index (χ4v) is 1.78. The highest BCUT2D eigenvalue weighted by Crippen LogP contribution is 2.29. The fraction of sp³-hybridized carbons (Fsp3) is 0.214. The Bertz CT molecular complexity index is 570. The summed E-state index contributed by atoms with van der Waals surface area (Å²) in [5.41, 5.74) is 1.67. The van der Waals surface area contributed by atoms with Gasteiger partial charge in [-0.25, -0.2) is 4.98 Å². The third-order valence-electron chi connectivity index (χ3n) is 2.71. The van der Waals surface area contributed by atoms with E-state index in [-0.39, 0.29) is 5.69 Å². The third kappa shape index (κ3) is 3.07. The van der Waals surface area contributed by atoms with Crippen LogP contribution < -0.4 is 5.32 Å². The first-order valence-corrected chi connectivity index (χ1v) is 6.16. The van der Waals surface area contributed by atoms with Crippen LogP contribution in [0.2, 0.25) is 0 Å². The van der Waals surface area contributed by atoms with Gasteiger partial charge in [-0.2, -0.15) is 0 Å². The van der Waals surface area contributed by atoms with Crippen LogP contribution in [0.15, 0.2) is 42.6 Å². The Morgan fingerprint density at radius 2 is 2.05 bits per heavy atom. The number of aromatic nitrogens is 1. The summed E-state index contributed by atoms with van der Waals surface area (Å²) in [7, 11) is 0. The molecule has 1 N–H and O–H groups in total. The summed E-state index contributed by atoms with van der Waals surface area (Å²) in [5.74, 6) is 0.679. The molecule has 0 saturated carbocycles. The van der Waals surface area contributed by atoms with Gasteiger partial charge in [-0.15, -0.1) is 0 Å². The molecular weight excluding hydrogens is 242 g/mol. The maximum Gasteiger partial charge on any atom is 0.288 e. The van der Waals surface area contributed by atoms with Crippen LogP contribution >= 0.6 is 0 Å². The van der Waals surface area contributed by atoms with Crippen LogP contribution in [0.1, 0.15) is 13.3 Å². The van der Waals surface area contributed by atoms with Crippen LogP contribution in [0.4, 0.5) is 11.5 Å². The van der Waals surface area contributed by atoms with Gasteiger partial charge in [0, 0.05) is 18.2 Å². The maximum absolute atomic E-state index is 10.9. The van der Waals surface area contributed by atoms with Crippen LogP contribution in [0.3, 0.4) is 0 Å². The standard InChI is InChI=1S/C14H15N3O2/c1-2-8-15-14-13(11-6-4-3-5-7-11)9-12(10-16-14)17(18)19/h3-7,9-10H,2,8H2,1H3,(H,15,16). The van der Waals surface area contributed by atoms with E-state index in [0.717, 1.165) is 24.1 Å². The van der Waals surface area contributed by atoms with Crippen LogP contribution in [0.5, 0.6) is 0 Å². The fourth-order valence-electron chi connectivity index (χ4n) is 1.78. The average Bonchev–Trinajstić information content (AvgIpc) is 2.45. The summed E-state index contributed by atoms with van der Waals surface area (Å²) in [5, 5.41) is 14.0. The van der Waals surface area contributed by atoms with Crippen molar-refractivity contribution in [2.75, 3.05) is 11.9 Å². The molecule has 1 aromatic carbocycles. The molecule has 0 aliphatic carbocycles. The highest BCUT2D eigenvalue weighted by molar-refractivity contribution is 5.76. The summed E-state index contributed by atoms with van der Waals surface area (Å²) in [6, 6.07) is 11.1. The molecule has 0 fully saturated rings. The van der Waals surface area contributed by atoms with Gasteiger partial charge in [0.1, 0.15) is 12.0 Å². The number of hydrogen-bond acceptors (Lipinski definition) is 4. The molecule has 0 saturated heterocycles. The van der Waals surface area contributed by atoms with Crippen molar-refractivity contribution in [1.82, 2.24) is 4.98 Å². The van der Waals surface area contributed by atoms with Crippen molar-refractivity contribution >= 4 is 11.5 Å². The Hall–Kier alpha value is -2.43. The highest BCUT2D eigenvalue weighted by atomic mass is 16.6. The smallest absolute Gasteiger partial charge is 0.288 e. The van der Waals surface area contributed by atoms with Gasteiger partial charge in [-0.3, -0.25) is 10.1 Å². The van der Waals surface area contributed by atoms with Crippen molar-refractivity contribution in [3.05, 3.63) is 52.7 Å². The van der Waals surface area contributed by atoms with Crippen molar-refractivity contribution in [2.24, 2.45) is 0 Å². The maximum atomic E-state index is 10.9. The summed E-state index contributed by atoms with van der Waals surface area (Å²) in [6.07, 6.45) is 2.25. The molecule has 0 spiro atoms. The van der Waals surface area contributed by atoms with E-state index in [1.165, 1.54) is 6.20 Å². The minimum absolute atomic E-state index is 0.000835. The number of benzene rings is 1. The van der Waals surface area contributed by atoms with E-state index in [2.05, 4.69) is 17.2 Å². The van der Waals surface area contributed by atoms with E-state index in [4.69, 9.17) is 0 Å². The highest BCUT2D eigenvalue weighted by Gasteiger charge is 2.13. The quantitative estimate of drug-likeness (QED) is 0.657. The second-order valence-electron chi connectivity index (χ2n) is 4.14. The largest absolute Gasteiger partial charge is 0.370 e. The number of pyridine rings is 1. The van der Waals surface area contributed by atoms with Crippen LogP contribution in [-0.4, -0.2) is 16.5 Å². The van der Waals surface area contributed by atoms with Gasteiger partial charge in [0.05, 0.1) is 4.92 Å². The lowest BCUT2D eigenvalue weighted by Crippen LogP contribution is -2.04. The number of nitrogens with one attached hydrogen (secondary N) is 1. The summed E-state index contributed by atoms with van der Waals surface area (Å²) in [6.45, 7) is 2.84. The van der Waals surface area contributed by atoms with E-state index in [1.54, 1.807) is 6.07 Å². The molecule has 0 unspecified atom stereocenters. The van der Waals surface area contributed by atoms with Crippen LogP contribution in [-0.2, 0) is 0 Å². The van der Waals surface area contributed by atoms with Gasteiger partial charge < -0.3 is 5.32 Å². The second kappa shape index (κ2) is 5.95. The van der Waals surface area contributed by atoms with E-state index >= 15 is 0 Å². The number of nitrogens with zero attached hydrogens (tertiary/aromatic N) is 2. The molecule has 2 rings (SSSR count). The Kier molecular flexibility index (Phi) is 4.07. The van der Waals surface area contributed by atoms with Crippen molar-refractivity contribution in [3.63, 3.8) is 0 Å². The van der Waals surface area contributed by atoms with Gasteiger partial charge in [-0.1, -0.05) is 37.3 Å². The molecule has 0 aliphatic rings. The second-order valence-corrected chi connectivity index (χ2v) is 4.14. The molecule has 98 valence electrons. The van der Waals surface area contributed by atoms with Gasteiger partial charge in [0.2, 0.25) is 0 Å². The minimum Gasteiger partial charge on any atom is -0.370 e. The molecule has 2 aromatic rings. The SMILES string of the molecule is CCCNc1ncc([N+](=O)[O-])cc1-c1ccccc1. The topological polar surface area (TPSA) is 68.1 Å². The Labute approximate surface area is 111 Å². The molecule has 0 radical (unpaired) electrons. The molecule has 5 heteroatoms. The van der Waals surface area contributed by atoms with Gasteiger partial charge in [-0.05, 0) is 12.0 Å². The number of anilines is 1. The van der Waals surface area contributed by atoms with Gasteiger partial charge in [0.25, 0.3) is 5.69 Å². The lowest BCUT2D eigenvalue weighted by atomic mass is 10.1. The molecule has 0 bridgehead atoms. The number of nitro groups is 1. The first-order valence-electron chi connectivity index (χ1n) is 6.16. The predicted molar refractivity (Wildman–Crippen MR) is 75.1 cm³/mol. The Morgan fingerprint density at radius 1 is 1.32 bits per heavy atom. The van der Waals surface area contributed by atoms with E-state index in [1.807, 2.05) is 30.3 Å². The van der Waals surface area contributed by atoms with Crippen molar-refractivity contribution in [2.45, 2.75) is 13.3 Å². The van der Waals surface area contributed by atoms with Crippen LogP contribution in [0, 0.1) is 10.1 Å². The molecule has 0 aliphatic heterocycles. The van der Waals surface area contributed by atoms with E-state index in [0.29, 0.717) is 5.82 Å². The van der Waals surface area contributed by atoms with Gasteiger partial charge >= 0.3 is 0 Å². The lowest BCUT2D eigenvalue weighted by molar-refractivity contribution is -0.385. The Morgan fingerprint density at radius 3 is 2.68 bits per heavy atom. The summed E-state index contributed by atoms with van der Waals surface area (Å²) in [4.78, 5) is 14.6. The van der Waals surface area contributed by atoms with Crippen molar-refractivity contribution in [3.8, 4) is 11.1 Å². The Balaban J connectivity index is 2.47. The molecule has 1 heterocycles. The molecular formula is C14H15N3O2.